The molecule has 1 nitrogen and oxygen atoms in total. The number of hydrogen-bond donors (Lipinski definition) is 1. The number of rotatable bonds is 2. The number of halogens is 3. The topological polar surface area (TPSA) is 12.0 Å². The van der Waals surface area contributed by atoms with Crippen molar-refractivity contribution in [3.8, 4) is 0 Å². The van der Waals surface area contributed by atoms with E-state index in [4.69, 9.17) is 11.6 Å². The molecule has 0 aliphatic carbocycles. The van der Waals surface area contributed by atoms with Gasteiger partial charge in [-0.05, 0) is 19.1 Å². The summed E-state index contributed by atoms with van der Waals surface area (Å²) in [6.07, 6.45) is 0. The van der Waals surface area contributed by atoms with Gasteiger partial charge in [0.1, 0.15) is 0 Å². The van der Waals surface area contributed by atoms with Crippen molar-refractivity contribution in [2.24, 2.45) is 0 Å². The maximum atomic E-state index is 12.6. The van der Waals surface area contributed by atoms with Crippen LogP contribution >= 0.6 is 11.6 Å². The third kappa shape index (κ3) is 2.34. The number of anilines is 1. The lowest BCUT2D eigenvalue weighted by atomic mass is 10.3. The van der Waals surface area contributed by atoms with Gasteiger partial charge in [-0.15, -0.1) is 0 Å². The molecule has 0 heterocycles. The van der Waals surface area contributed by atoms with Crippen LogP contribution in [0.4, 0.5) is 14.5 Å². The Morgan fingerprint density at radius 2 is 2.00 bits per heavy atom. The van der Waals surface area contributed by atoms with Crippen LogP contribution in [0.3, 0.4) is 0 Å². The minimum absolute atomic E-state index is 0.310. The number of alkyl halides is 1. The smallest absolute Gasteiger partial charge is 0.160 e. The monoisotopic (exact) mass is 191 g/mol. The van der Waals surface area contributed by atoms with E-state index in [9.17, 15) is 8.78 Å². The summed E-state index contributed by atoms with van der Waals surface area (Å²) < 4.78 is 25.0. The molecule has 0 saturated carbocycles. The van der Waals surface area contributed by atoms with Crippen LogP contribution in [0.15, 0.2) is 18.2 Å². The van der Waals surface area contributed by atoms with Gasteiger partial charge in [0.2, 0.25) is 0 Å². The molecule has 1 N–H and O–H groups in total. The van der Waals surface area contributed by atoms with Crippen molar-refractivity contribution in [1.82, 2.24) is 0 Å². The summed E-state index contributed by atoms with van der Waals surface area (Å²) in [5.41, 5.74) is 0.159. The molecular weight excluding hydrogens is 184 g/mol. The first kappa shape index (κ1) is 9.26. The fourth-order valence-electron chi connectivity index (χ4n) is 0.816. The van der Waals surface area contributed by atoms with E-state index in [2.05, 4.69) is 5.32 Å². The van der Waals surface area contributed by atoms with Gasteiger partial charge in [0, 0.05) is 11.8 Å². The largest absolute Gasteiger partial charge is 0.369 e. The summed E-state index contributed by atoms with van der Waals surface area (Å²) in [7, 11) is 0. The molecule has 0 fully saturated rings. The van der Waals surface area contributed by atoms with Crippen molar-refractivity contribution >= 4 is 17.3 Å². The lowest BCUT2D eigenvalue weighted by Gasteiger charge is -2.07. The van der Waals surface area contributed by atoms with E-state index in [1.165, 1.54) is 6.07 Å². The highest BCUT2D eigenvalue weighted by Crippen LogP contribution is 2.14. The second-order valence-corrected chi connectivity index (χ2v) is 3.04. The van der Waals surface area contributed by atoms with Crippen molar-refractivity contribution < 1.29 is 8.78 Å². The molecule has 1 unspecified atom stereocenters. The van der Waals surface area contributed by atoms with E-state index < -0.39 is 11.6 Å². The third-order valence-corrected chi connectivity index (χ3v) is 1.39. The Hall–Kier alpha value is -0.830. The van der Waals surface area contributed by atoms with E-state index in [0.29, 0.717) is 5.69 Å². The van der Waals surface area contributed by atoms with Gasteiger partial charge >= 0.3 is 0 Å². The van der Waals surface area contributed by atoms with Crippen molar-refractivity contribution in [2.45, 2.75) is 12.4 Å². The van der Waals surface area contributed by atoms with Crippen molar-refractivity contribution in [3.05, 3.63) is 29.8 Å². The predicted molar refractivity (Wildman–Crippen MR) is 45.3 cm³/mol. The molecule has 0 aliphatic heterocycles. The van der Waals surface area contributed by atoms with E-state index in [-0.39, 0.29) is 5.50 Å². The van der Waals surface area contributed by atoms with Crippen LogP contribution in [0.2, 0.25) is 0 Å². The fourth-order valence-corrected chi connectivity index (χ4v) is 0.942. The Morgan fingerprint density at radius 1 is 1.33 bits per heavy atom. The average molecular weight is 192 g/mol. The Balaban J connectivity index is 2.82. The Bertz CT molecular complexity index is 276. The van der Waals surface area contributed by atoms with Gasteiger partial charge in [-0.2, -0.15) is 0 Å². The van der Waals surface area contributed by atoms with Crippen LogP contribution in [-0.4, -0.2) is 5.50 Å². The third-order valence-electron chi connectivity index (χ3n) is 1.29. The van der Waals surface area contributed by atoms with Crippen LogP contribution in [0.25, 0.3) is 0 Å². The molecule has 4 heteroatoms. The second-order valence-electron chi connectivity index (χ2n) is 2.39. The number of hydrogen-bond acceptors (Lipinski definition) is 1. The van der Waals surface area contributed by atoms with Gasteiger partial charge in [-0.1, -0.05) is 11.6 Å². The van der Waals surface area contributed by atoms with Crippen LogP contribution in [-0.2, 0) is 0 Å². The second kappa shape index (κ2) is 3.72. The zero-order chi connectivity index (χ0) is 9.14. The van der Waals surface area contributed by atoms with E-state index in [0.717, 1.165) is 12.1 Å². The number of nitrogens with one attached hydrogen (secondary N) is 1. The average Bonchev–Trinajstić information content (AvgIpc) is 1.96. The highest BCUT2D eigenvalue weighted by Gasteiger charge is 2.02. The first-order chi connectivity index (χ1) is 5.59. The summed E-state index contributed by atoms with van der Waals surface area (Å²) in [4.78, 5) is 0. The highest BCUT2D eigenvalue weighted by atomic mass is 35.5. The molecular formula is C8H8ClF2N. The minimum atomic E-state index is -0.877. The number of benzene rings is 1. The molecule has 66 valence electrons. The van der Waals surface area contributed by atoms with Crippen molar-refractivity contribution in [3.63, 3.8) is 0 Å². The van der Waals surface area contributed by atoms with Crippen LogP contribution in [0, 0.1) is 11.6 Å². The standard InChI is InChI=1S/C8H8ClF2N/c1-5(9)12-6-2-3-7(10)8(11)4-6/h2-5,12H,1H3. The SMILES string of the molecule is CC(Cl)Nc1ccc(F)c(F)c1. The van der Waals surface area contributed by atoms with Gasteiger partial charge in [0.05, 0.1) is 5.50 Å². The summed E-state index contributed by atoms with van der Waals surface area (Å²) in [5, 5.41) is 2.73. The van der Waals surface area contributed by atoms with Gasteiger partial charge < -0.3 is 5.32 Å². The van der Waals surface area contributed by atoms with Crippen LogP contribution < -0.4 is 5.32 Å². The van der Waals surface area contributed by atoms with Crippen molar-refractivity contribution in [1.29, 1.82) is 0 Å². The zero-order valence-electron chi connectivity index (χ0n) is 6.44. The molecule has 0 amide bonds. The minimum Gasteiger partial charge on any atom is -0.369 e. The molecule has 1 atom stereocenters. The first-order valence-electron chi connectivity index (χ1n) is 3.45. The lowest BCUT2D eigenvalue weighted by molar-refractivity contribution is 0.509. The maximum absolute atomic E-state index is 12.6. The predicted octanol–water partition coefficient (Wildman–Crippen LogP) is 2.96. The lowest BCUT2D eigenvalue weighted by Crippen LogP contribution is -2.06. The highest BCUT2D eigenvalue weighted by molar-refractivity contribution is 6.21. The molecule has 0 aliphatic rings. The van der Waals surface area contributed by atoms with E-state index in [1.807, 2.05) is 0 Å². The molecule has 1 rings (SSSR count). The summed E-state index contributed by atoms with van der Waals surface area (Å²) in [6.45, 7) is 1.70. The Labute approximate surface area is 74.3 Å². The molecule has 12 heavy (non-hydrogen) atoms. The van der Waals surface area contributed by atoms with Crippen LogP contribution in [0.1, 0.15) is 6.92 Å². The Kier molecular flexibility index (Phi) is 2.87. The molecule has 0 aromatic heterocycles. The normalized spacial score (nSPS) is 12.7. The van der Waals surface area contributed by atoms with Crippen LogP contribution in [0.5, 0.6) is 0 Å². The van der Waals surface area contributed by atoms with Gasteiger partial charge in [-0.25, -0.2) is 8.78 Å². The van der Waals surface area contributed by atoms with E-state index >= 15 is 0 Å². The van der Waals surface area contributed by atoms with Gasteiger partial charge in [0.25, 0.3) is 0 Å². The molecule has 0 spiro atoms. The fraction of sp³-hybridized carbons (Fsp3) is 0.250. The summed E-state index contributed by atoms with van der Waals surface area (Å²) >= 11 is 5.58. The summed E-state index contributed by atoms with van der Waals surface area (Å²) in [5.74, 6) is -1.74. The molecule has 0 radical (unpaired) electrons. The molecule has 0 saturated heterocycles. The van der Waals surface area contributed by atoms with E-state index in [1.54, 1.807) is 6.92 Å². The molecule has 0 bridgehead atoms. The molecule has 1 aromatic rings. The maximum Gasteiger partial charge on any atom is 0.160 e. The van der Waals surface area contributed by atoms with Gasteiger partial charge in [0.15, 0.2) is 11.6 Å². The first-order valence-corrected chi connectivity index (χ1v) is 3.89. The molecule has 1 aromatic carbocycles. The zero-order valence-corrected chi connectivity index (χ0v) is 7.20. The Morgan fingerprint density at radius 3 is 2.50 bits per heavy atom. The van der Waals surface area contributed by atoms with Crippen molar-refractivity contribution in [2.75, 3.05) is 5.32 Å². The van der Waals surface area contributed by atoms with Gasteiger partial charge in [-0.3, -0.25) is 0 Å². The quantitative estimate of drug-likeness (QED) is 0.560. The summed E-state index contributed by atoms with van der Waals surface area (Å²) in [6, 6.07) is 3.54.